The van der Waals surface area contributed by atoms with Gasteiger partial charge < -0.3 is 5.73 Å². The summed E-state index contributed by atoms with van der Waals surface area (Å²) >= 11 is 0. The summed E-state index contributed by atoms with van der Waals surface area (Å²) in [5.74, 6) is 0. The quantitative estimate of drug-likeness (QED) is 0.642. The van der Waals surface area contributed by atoms with Crippen molar-refractivity contribution >= 4 is 0 Å². The van der Waals surface area contributed by atoms with Gasteiger partial charge in [0, 0.05) is 25.0 Å². The molecule has 2 N–H and O–H groups in total. The van der Waals surface area contributed by atoms with Crippen LogP contribution in [0.3, 0.4) is 0 Å². The lowest BCUT2D eigenvalue weighted by atomic mass is 10.3. The number of hydrogen-bond donors (Lipinski definition) is 1. The van der Waals surface area contributed by atoms with E-state index in [1.54, 1.807) is 18.6 Å². The van der Waals surface area contributed by atoms with Crippen LogP contribution in [0, 0.1) is 0 Å². The molecule has 0 spiro atoms. The second-order valence-corrected chi connectivity index (χ2v) is 1.83. The highest BCUT2D eigenvalue weighted by molar-refractivity contribution is 5.00. The van der Waals surface area contributed by atoms with Gasteiger partial charge in [-0.1, -0.05) is 6.08 Å². The van der Waals surface area contributed by atoms with E-state index >= 15 is 0 Å². The SMILES string of the molecule is NC=CCc1cnccn1. The van der Waals surface area contributed by atoms with Gasteiger partial charge >= 0.3 is 0 Å². The molecule has 1 aromatic rings. The van der Waals surface area contributed by atoms with Gasteiger partial charge in [-0.25, -0.2) is 0 Å². The molecule has 3 nitrogen and oxygen atoms in total. The van der Waals surface area contributed by atoms with Crippen molar-refractivity contribution < 1.29 is 0 Å². The van der Waals surface area contributed by atoms with Crippen LogP contribution in [0.4, 0.5) is 0 Å². The first-order valence-electron chi connectivity index (χ1n) is 3.05. The summed E-state index contributed by atoms with van der Waals surface area (Å²) in [6.07, 6.45) is 9.14. The van der Waals surface area contributed by atoms with Crippen LogP contribution >= 0.6 is 0 Å². The minimum atomic E-state index is 0.754. The number of nitrogens with two attached hydrogens (primary N) is 1. The zero-order valence-corrected chi connectivity index (χ0v) is 5.57. The Labute approximate surface area is 59.6 Å². The highest BCUT2D eigenvalue weighted by Crippen LogP contribution is 1.90. The summed E-state index contributed by atoms with van der Waals surface area (Å²) in [6.45, 7) is 0. The first-order valence-corrected chi connectivity index (χ1v) is 3.05. The van der Waals surface area contributed by atoms with Crippen LogP contribution in [0.25, 0.3) is 0 Å². The van der Waals surface area contributed by atoms with E-state index in [0.717, 1.165) is 12.1 Å². The van der Waals surface area contributed by atoms with Crippen molar-refractivity contribution in [3.05, 3.63) is 36.6 Å². The van der Waals surface area contributed by atoms with Crippen LogP contribution < -0.4 is 5.73 Å². The molecular weight excluding hydrogens is 126 g/mol. The first kappa shape index (κ1) is 6.74. The third kappa shape index (κ3) is 1.85. The van der Waals surface area contributed by atoms with E-state index in [2.05, 4.69) is 9.97 Å². The Morgan fingerprint density at radius 2 is 2.40 bits per heavy atom. The van der Waals surface area contributed by atoms with Gasteiger partial charge in [0.2, 0.25) is 0 Å². The summed E-state index contributed by atoms with van der Waals surface area (Å²) in [5, 5.41) is 0. The molecule has 0 aliphatic rings. The molecule has 0 saturated carbocycles. The Hall–Kier alpha value is -1.38. The minimum absolute atomic E-state index is 0.754. The highest BCUT2D eigenvalue weighted by Gasteiger charge is 1.86. The Kier molecular flexibility index (Phi) is 2.43. The number of nitrogens with zero attached hydrogens (tertiary/aromatic N) is 2. The predicted molar refractivity (Wildman–Crippen MR) is 39.1 cm³/mol. The maximum atomic E-state index is 5.15. The van der Waals surface area contributed by atoms with Gasteiger partial charge in [0.15, 0.2) is 0 Å². The topological polar surface area (TPSA) is 51.8 Å². The van der Waals surface area contributed by atoms with Crippen LogP contribution in [0.1, 0.15) is 5.69 Å². The number of rotatable bonds is 2. The van der Waals surface area contributed by atoms with E-state index in [9.17, 15) is 0 Å². The lowest BCUT2D eigenvalue weighted by Crippen LogP contribution is -1.88. The number of hydrogen-bond acceptors (Lipinski definition) is 3. The van der Waals surface area contributed by atoms with Crippen molar-refractivity contribution in [3.8, 4) is 0 Å². The maximum Gasteiger partial charge on any atom is 0.0624 e. The molecule has 0 fully saturated rings. The molecule has 52 valence electrons. The molecule has 0 saturated heterocycles. The molecule has 1 heterocycles. The fourth-order valence-corrected chi connectivity index (χ4v) is 0.624. The molecule has 0 aliphatic carbocycles. The molecule has 0 radical (unpaired) electrons. The molecule has 10 heavy (non-hydrogen) atoms. The van der Waals surface area contributed by atoms with E-state index in [4.69, 9.17) is 5.73 Å². The van der Waals surface area contributed by atoms with Crippen LogP contribution in [0.5, 0.6) is 0 Å². The van der Waals surface area contributed by atoms with Gasteiger partial charge in [0.1, 0.15) is 0 Å². The van der Waals surface area contributed by atoms with E-state index in [0.29, 0.717) is 0 Å². The van der Waals surface area contributed by atoms with Gasteiger partial charge in [0.25, 0.3) is 0 Å². The Morgan fingerprint density at radius 1 is 1.50 bits per heavy atom. The van der Waals surface area contributed by atoms with Crippen LogP contribution in [-0.2, 0) is 6.42 Å². The van der Waals surface area contributed by atoms with Crippen LogP contribution in [0.15, 0.2) is 30.9 Å². The van der Waals surface area contributed by atoms with Crippen molar-refractivity contribution in [3.63, 3.8) is 0 Å². The van der Waals surface area contributed by atoms with Crippen LogP contribution in [0.2, 0.25) is 0 Å². The molecule has 0 atom stereocenters. The predicted octanol–water partition coefficient (Wildman–Crippen LogP) is 0.492. The summed E-state index contributed by atoms with van der Waals surface area (Å²) in [5.41, 5.74) is 6.08. The van der Waals surface area contributed by atoms with Gasteiger partial charge in [-0.05, 0) is 6.20 Å². The van der Waals surface area contributed by atoms with Gasteiger partial charge in [-0.15, -0.1) is 0 Å². The third-order valence-corrected chi connectivity index (χ3v) is 1.08. The first-order chi connectivity index (χ1) is 4.93. The fraction of sp³-hybridized carbons (Fsp3) is 0.143. The summed E-state index contributed by atoms with van der Waals surface area (Å²) in [4.78, 5) is 7.95. The van der Waals surface area contributed by atoms with Crippen molar-refractivity contribution in [2.75, 3.05) is 0 Å². The lowest BCUT2D eigenvalue weighted by Gasteiger charge is -1.90. The standard InChI is InChI=1S/C7H9N3/c8-3-1-2-7-6-9-4-5-10-7/h1,3-6H,2,8H2. The lowest BCUT2D eigenvalue weighted by molar-refractivity contribution is 1.05. The van der Waals surface area contributed by atoms with Gasteiger partial charge in [-0.3, -0.25) is 9.97 Å². The largest absolute Gasteiger partial charge is 0.405 e. The molecular formula is C7H9N3. The van der Waals surface area contributed by atoms with E-state index in [1.165, 1.54) is 6.20 Å². The second-order valence-electron chi connectivity index (χ2n) is 1.83. The van der Waals surface area contributed by atoms with Gasteiger partial charge in [-0.2, -0.15) is 0 Å². The minimum Gasteiger partial charge on any atom is -0.405 e. The molecule has 0 bridgehead atoms. The monoisotopic (exact) mass is 135 g/mol. The molecule has 0 unspecified atom stereocenters. The van der Waals surface area contributed by atoms with Crippen molar-refractivity contribution in [2.24, 2.45) is 5.73 Å². The Balaban J connectivity index is 2.59. The molecule has 1 aromatic heterocycles. The van der Waals surface area contributed by atoms with Crippen LogP contribution in [-0.4, -0.2) is 9.97 Å². The van der Waals surface area contributed by atoms with Crippen molar-refractivity contribution in [2.45, 2.75) is 6.42 Å². The smallest absolute Gasteiger partial charge is 0.0624 e. The average molecular weight is 135 g/mol. The zero-order valence-electron chi connectivity index (χ0n) is 5.57. The van der Waals surface area contributed by atoms with Gasteiger partial charge in [0.05, 0.1) is 5.69 Å². The maximum absolute atomic E-state index is 5.15. The Bertz CT molecular complexity index is 205. The zero-order chi connectivity index (χ0) is 7.23. The molecule has 0 aromatic carbocycles. The molecule has 1 rings (SSSR count). The molecule has 0 aliphatic heterocycles. The van der Waals surface area contributed by atoms with E-state index in [-0.39, 0.29) is 0 Å². The molecule has 3 heteroatoms. The molecule has 0 amide bonds. The normalized spacial score (nSPS) is 10.4. The van der Waals surface area contributed by atoms with E-state index in [1.807, 2.05) is 6.08 Å². The summed E-state index contributed by atoms with van der Waals surface area (Å²) < 4.78 is 0. The number of allylic oxidation sites excluding steroid dienone is 1. The highest BCUT2D eigenvalue weighted by atomic mass is 14.8. The summed E-state index contributed by atoms with van der Waals surface area (Å²) in [6, 6.07) is 0. The summed E-state index contributed by atoms with van der Waals surface area (Å²) in [7, 11) is 0. The van der Waals surface area contributed by atoms with E-state index < -0.39 is 0 Å². The Morgan fingerprint density at radius 3 is 3.00 bits per heavy atom. The number of aromatic nitrogens is 2. The third-order valence-electron chi connectivity index (χ3n) is 1.08. The average Bonchev–Trinajstić information content (AvgIpc) is 2.03. The fourth-order valence-electron chi connectivity index (χ4n) is 0.624. The van der Waals surface area contributed by atoms with Crippen molar-refractivity contribution in [1.29, 1.82) is 0 Å². The second kappa shape index (κ2) is 3.61. The van der Waals surface area contributed by atoms with Crippen molar-refractivity contribution in [1.82, 2.24) is 9.97 Å².